The molecule has 62 valence electrons. The maximum atomic E-state index is 10.0. The highest BCUT2D eigenvalue weighted by atomic mass is 16.3. The van der Waals surface area contributed by atoms with E-state index in [9.17, 15) is 4.91 Å². The fraction of sp³-hybridized carbons (Fsp3) is 0.750. The molecule has 0 bridgehead atoms. The van der Waals surface area contributed by atoms with Crippen LogP contribution >= 0.6 is 0 Å². The molecule has 0 saturated carbocycles. The zero-order valence-corrected chi connectivity index (χ0v) is 6.79. The number of hydrogen-bond donors (Lipinski definition) is 1. The standard InChI is InChI=1S/C8H14N2O/c1-9-8-5-3-2-4-7(8)6-10-11/h2-3,7-9H,4-6H2,1H3. The number of nitroso groups, excluding NO2 is 1. The first-order chi connectivity index (χ1) is 5.38. The van der Waals surface area contributed by atoms with Gasteiger partial charge in [-0.15, -0.1) is 0 Å². The van der Waals surface area contributed by atoms with E-state index in [1.807, 2.05) is 7.05 Å². The lowest BCUT2D eigenvalue weighted by atomic mass is 9.89. The lowest BCUT2D eigenvalue weighted by Gasteiger charge is -2.25. The second kappa shape index (κ2) is 4.23. The summed E-state index contributed by atoms with van der Waals surface area (Å²) >= 11 is 0. The van der Waals surface area contributed by atoms with Crippen molar-refractivity contribution < 1.29 is 0 Å². The first-order valence-electron chi connectivity index (χ1n) is 4.00. The van der Waals surface area contributed by atoms with E-state index in [1.54, 1.807) is 0 Å². The first kappa shape index (κ1) is 8.40. The van der Waals surface area contributed by atoms with Gasteiger partial charge in [-0.05, 0) is 19.9 Å². The molecule has 1 N–H and O–H groups in total. The summed E-state index contributed by atoms with van der Waals surface area (Å²) in [4.78, 5) is 10.0. The van der Waals surface area contributed by atoms with Gasteiger partial charge < -0.3 is 5.32 Å². The maximum Gasteiger partial charge on any atom is 0.0857 e. The van der Waals surface area contributed by atoms with Gasteiger partial charge in [-0.3, -0.25) is 0 Å². The number of nitrogens with one attached hydrogen (secondary N) is 1. The Kier molecular flexibility index (Phi) is 3.23. The fourth-order valence-corrected chi connectivity index (χ4v) is 1.52. The molecule has 1 rings (SSSR count). The molecular formula is C8H14N2O. The Morgan fingerprint density at radius 3 is 2.91 bits per heavy atom. The summed E-state index contributed by atoms with van der Waals surface area (Å²) in [5.74, 6) is 0.405. The molecule has 0 radical (unpaired) electrons. The third-order valence-corrected chi connectivity index (χ3v) is 2.24. The van der Waals surface area contributed by atoms with Crippen molar-refractivity contribution >= 4 is 0 Å². The van der Waals surface area contributed by atoms with Gasteiger partial charge in [-0.2, -0.15) is 4.91 Å². The highest BCUT2D eigenvalue weighted by Gasteiger charge is 2.20. The van der Waals surface area contributed by atoms with Crippen molar-refractivity contribution in [3.05, 3.63) is 17.1 Å². The Balaban J connectivity index is 2.46. The summed E-state index contributed by atoms with van der Waals surface area (Å²) in [5.41, 5.74) is 0. The molecular weight excluding hydrogens is 140 g/mol. The van der Waals surface area contributed by atoms with Crippen LogP contribution in [0.2, 0.25) is 0 Å². The Hall–Kier alpha value is -0.700. The van der Waals surface area contributed by atoms with Crippen LogP contribution in [0.1, 0.15) is 12.8 Å². The molecule has 0 amide bonds. The largest absolute Gasteiger partial charge is 0.316 e. The summed E-state index contributed by atoms with van der Waals surface area (Å²) in [6, 6.07) is 0.442. The zero-order chi connectivity index (χ0) is 8.10. The van der Waals surface area contributed by atoms with Gasteiger partial charge in [-0.25, -0.2) is 0 Å². The van der Waals surface area contributed by atoms with E-state index in [0.29, 0.717) is 18.5 Å². The molecule has 0 saturated heterocycles. The Labute approximate surface area is 66.8 Å². The number of hydrogen-bond acceptors (Lipinski definition) is 3. The quantitative estimate of drug-likeness (QED) is 0.492. The van der Waals surface area contributed by atoms with Gasteiger partial charge in [0, 0.05) is 12.0 Å². The minimum atomic E-state index is 0.405. The highest BCUT2D eigenvalue weighted by Crippen LogP contribution is 2.18. The SMILES string of the molecule is CNC1CC=CCC1CN=O. The Morgan fingerprint density at radius 1 is 1.55 bits per heavy atom. The molecule has 11 heavy (non-hydrogen) atoms. The van der Waals surface area contributed by atoms with Crippen LogP contribution in [0.4, 0.5) is 0 Å². The van der Waals surface area contributed by atoms with Crippen molar-refractivity contribution in [2.45, 2.75) is 18.9 Å². The van der Waals surface area contributed by atoms with Crippen molar-refractivity contribution in [2.75, 3.05) is 13.6 Å². The minimum Gasteiger partial charge on any atom is -0.316 e. The van der Waals surface area contributed by atoms with Crippen LogP contribution in [0.3, 0.4) is 0 Å². The molecule has 0 aromatic carbocycles. The maximum absolute atomic E-state index is 10.0. The normalized spacial score (nSPS) is 30.3. The average Bonchev–Trinajstić information content (AvgIpc) is 2.06. The van der Waals surface area contributed by atoms with Crippen molar-refractivity contribution in [3.63, 3.8) is 0 Å². The Morgan fingerprint density at radius 2 is 2.27 bits per heavy atom. The molecule has 3 heteroatoms. The van der Waals surface area contributed by atoms with Gasteiger partial charge >= 0.3 is 0 Å². The van der Waals surface area contributed by atoms with Crippen LogP contribution in [0, 0.1) is 10.8 Å². The summed E-state index contributed by atoms with van der Waals surface area (Å²) in [7, 11) is 1.93. The molecule has 1 aliphatic carbocycles. The lowest BCUT2D eigenvalue weighted by molar-refractivity contribution is 0.371. The molecule has 2 atom stereocenters. The number of allylic oxidation sites excluding steroid dienone is 1. The van der Waals surface area contributed by atoms with Crippen LogP contribution in [-0.2, 0) is 0 Å². The van der Waals surface area contributed by atoms with Crippen LogP contribution in [0.25, 0.3) is 0 Å². The first-order valence-corrected chi connectivity index (χ1v) is 4.00. The van der Waals surface area contributed by atoms with E-state index in [4.69, 9.17) is 0 Å². The summed E-state index contributed by atoms with van der Waals surface area (Å²) in [5, 5.41) is 6.12. The highest BCUT2D eigenvalue weighted by molar-refractivity contribution is 4.97. The molecule has 3 nitrogen and oxygen atoms in total. The molecule has 0 heterocycles. The van der Waals surface area contributed by atoms with Gasteiger partial charge in [-0.1, -0.05) is 17.3 Å². The molecule has 1 aliphatic rings. The third-order valence-electron chi connectivity index (χ3n) is 2.24. The van der Waals surface area contributed by atoms with Crippen LogP contribution in [0.15, 0.2) is 17.3 Å². The van der Waals surface area contributed by atoms with E-state index in [-0.39, 0.29) is 0 Å². The lowest BCUT2D eigenvalue weighted by Crippen LogP contribution is -2.35. The van der Waals surface area contributed by atoms with Gasteiger partial charge in [0.2, 0.25) is 0 Å². The zero-order valence-electron chi connectivity index (χ0n) is 6.79. The molecule has 0 aromatic rings. The second-order valence-corrected chi connectivity index (χ2v) is 2.91. The topological polar surface area (TPSA) is 41.5 Å². The van der Waals surface area contributed by atoms with E-state index in [0.717, 1.165) is 12.8 Å². The molecule has 0 aromatic heterocycles. The smallest absolute Gasteiger partial charge is 0.0857 e. The van der Waals surface area contributed by atoms with Gasteiger partial charge in [0.1, 0.15) is 0 Å². The van der Waals surface area contributed by atoms with Gasteiger partial charge in [0.15, 0.2) is 0 Å². The van der Waals surface area contributed by atoms with Crippen LogP contribution < -0.4 is 5.32 Å². The number of rotatable bonds is 3. The predicted molar refractivity (Wildman–Crippen MR) is 45.4 cm³/mol. The number of nitrogens with zero attached hydrogens (tertiary/aromatic N) is 1. The van der Waals surface area contributed by atoms with Gasteiger partial charge in [0.05, 0.1) is 6.54 Å². The molecule has 0 aliphatic heterocycles. The minimum absolute atomic E-state index is 0.405. The molecule has 2 unspecified atom stereocenters. The van der Waals surface area contributed by atoms with E-state index >= 15 is 0 Å². The average molecular weight is 154 g/mol. The van der Waals surface area contributed by atoms with Crippen molar-refractivity contribution in [1.82, 2.24) is 5.32 Å². The van der Waals surface area contributed by atoms with E-state index in [2.05, 4.69) is 22.6 Å². The van der Waals surface area contributed by atoms with E-state index in [1.165, 1.54) is 0 Å². The molecule has 0 fully saturated rings. The fourth-order valence-electron chi connectivity index (χ4n) is 1.52. The summed E-state index contributed by atoms with van der Waals surface area (Å²) in [6.45, 7) is 0.440. The van der Waals surface area contributed by atoms with Crippen molar-refractivity contribution in [2.24, 2.45) is 11.1 Å². The van der Waals surface area contributed by atoms with Crippen LogP contribution in [-0.4, -0.2) is 19.6 Å². The molecule has 0 spiro atoms. The second-order valence-electron chi connectivity index (χ2n) is 2.91. The van der Waals surface area contributed by atoms with E-state index < -0.39 is 0 Å². The summed E-state index contributed by atoms with van der Waals surface area (Å²) < 4.78 is 0. The predicted octanol–water partition coefficient (Wildman–Crippen LogP) is 1.31. The summed E-state index contributed by atoms with van der Waals surface area (Å²) in [6.07, 6.45) is 6.29. The van der Waals surface area contributed by atoms with Crippen molar-refractivity contribution in [3.8, 4) is 0 Å². The van der Waals surface area contributed by atoms with Gasteiger partial charge in [0.25, 0.3) is 0 Å². The van der Waals surface area contributed by atoms with Crippen molar-refractivity contribution in [1.29, 1.82) is 0 Å². The Bertz CT molecular complexity index is 156. The van der Waals surface area contributed by atoms with Crippen LogP contribution in [0.5, 0.6) is 0 Å². The monoisotopic (exact) mass is 154 g/mol. The third kappa shape index (κ3) is 2.12.